The van der Waals surface area contributed by atoms with Gasteiger partial charge in [0.1, 0.15) is 0 Å². The van der Waals surface area contributed by atoms with Crippen LogP contribution < -0.4 is 10.1 Å². The monoisotopic (exact) mass is 238 g/mol. The third-order valence-electron chi connectivity index (χ3n) is 3.20. The fourth-order valence-corrected chi connectivity index (χ4v) is 2.18. The molecule has 0 atom stereocenters. The minimum absolute atomic E-state index is 0.206. The number of hydrogen-bond acceptors (Lipinski definition) is 4. The van der Waals surface area contributed by atoms with E-state index in [1.54, 1.807) is 0 Å². The second-order valence-corrected chi connectivity index (χ2v) is 4.45. The van der Waals surface area contributed by atoms with Crippen molar-refractivity contribution >= 4 is 5.91 Å². The van der Waals surface area contributed by atoms with Crippen LogP contribution in [0.1, 0.15) is 42.7 Å². The van der Waals surface area contributed by atoms with E-state index in [1.165, 1.54) is 45.3 Å². The molecule has 0 aliphatic heterocycles. The average molecular weight is 238 g/mol. The van der Waals surface area contributed by atoms with E-state index < -0.39 is 0 Å². The van der Waals surface area contributed by atoms with Crippen LogP contribution in [-0.4, -0.2) is 24.7 Å². The minimum atomic E-state index is -0.216. The molecule has 94 valence electrons. The Morgan fingerprint density at radius 2 is 2.29 bits per heavy atom. The Morgan fingerprint density at radius 3 is 2.94 bits per heavy atom. The molecule has 1 fully saturated rings. The molecule has 0 aromatic carbocycles. The predicted molar refractivity (Wildman–Crippen MR) is 62.0 cm³/mol. The molecular formula is C12H18N2O3. The van der Waals surface area contributed by atoms with Crippen LogP contribution in [0.2, 0.25) is 0 Å². The van der Waals surface area contributed by atoms with E-state index in [4.69, 9.17) is 9.26 Å². The van der Waals surface area contributed by atoms with Gasteiger partial charge in [0.2, 0.25) is 5.76 Å². The summed E-state index contributed by atoms with van der Waals surface area (Å²) in [5, 5.41) is 6.47. The summed E-state index contributed by atoms with van der Waals surface area (Å²) >= 11 is 0. The highest BCUT2D eigenvalue weighted by atomic mass is 16.5. The van der Waals surface area contributed by atoms with Crippen molar-refractivity contribution in [3.8, 4) is 5.88 Å². The van der Waals surface area contributed by atoms with Crippen molar-refractivity contribution in [3.05, 3.63) is 11.8 Å². The molecule has 0 unspecified atom stereocenters. The van der Waals surface area contributed by atoms with Gasteiger partial charge in [0.25, 0.3) is 11.8 Å². The zero-order chi connectivity index (χ0) is 12.1. The zero-order valence-corrected chi connectivity index (χ0v) is 10.1. The van der Waals surface area contributed by atoms with Gasteiger partial charge >= 0.3 is 0 Å². The summed E-state index contributed by atoms with van der Waals surface area (Å²) in [6.07, 6.45) is 6.29. The molecule has 2 rings (SSSR count). The highest BCUT2D eigenvalue weighted by Crippen LogP contribution is 2.22. The standard InChI is InChI=1S/C12H18N2O3/c1-16-11-7-10(17-14-11)12(15)13-8-9-5-3-2-4-6-9/h7,9H,2-6,8H2,1H3,(H,13,15). The SMILES string of the molecule is COc1cc(C(=O)NCC2CCCCC2)on1. The lowest BCUT2D eigenvalue weighted by Gasteiger charge is -2.21. The molecule has 1 aromatic rings. The van der Waals surface area contributed by atoms with E-state index in [0.717, 1.165) is 6.54 Å². The Hall–Kier alpha value is -1.52. The third kappa shape index (κ3) is 3.22. The molecule has 1 N–H and O–H groups in total. The molecule has 0 bridgehead atoms. The smallest absolute Gasteiger partial charge is 0.290 e. The number of nitrogens with one attached hydrogen (secondary N) is 1. The second kappa shape index (κ2) is 5.70. The number of rotatable bonds is 4. The number of aromatic nitrogens is 1. The first-order valence-corrected chi connectivity index (χ1v) is 6.08. The summed E-state index contributed by atoms with van der Waals surface area (Å²) in [4.78, 5) is 11.7. The van der Waals surface area contributed by atoms with Crippen molar-refractivity contribution in [2.45, 2.75) is 32.1 Å². The molecule has 1 aliphatic carbocycles. The van der Waals surface area contributed by atoms with Gasteiger partial charge in [-0.15, -0.1) is 0 Å². The Morgan fingerprint density at radius 1 is 1.53 bits per heavy atom. The van der Waals surface area contributed by atoms with Crippen molar-refractivity contribution in [2.75, 3.05) is 13.7 Å². The van der Waals surface area contributed by atoms with Gasteiger partial charge < -0.3 is 14.6 Å². The molecule has 0 radical (unpaired) electrons. The van der Waals surface area contributed by atoms with Crippen molar-refractivity contribution in [1.29, 1.82) is 0 Å². The number of hydrogen-bond donors (Lipinski definition) is 1. The van der Waals surface area contributed by atoms with Crippen LogP contribution in [0.4, 0.5) is 0 Å². The number of carbonyl (C=O) groups is 1. The van der Waals surface area contributed by atoms with Gasteiger partial charge in [-0.1, -0.05) is 19.3 Å². The van der Waals surface area contributed by atoms with Crippen molar-refractivity contribution < 1.29 is 14.1 Å². The van der Waals surface area contributed by atoms with E-state index in [-0.39, 0.29) is 11.7 Å². The normalized spacial score (nSPS) is 16.8. The second-order valence-electron chi connectivity index (χ2n) is 4.45. The third-order valence-corrected chi connectivity index (χ3v) is 3.20. The summed E-state index contributed by atoms with van der Waals surface area (Å²) in [6.45, 7) is 0.724. The Bertz CT molecular complexity index is 370. The number of methoxy groups -OCH3 is 1. The Kier molecular flexibility index (Phi) is 4.01. The maximum atomic E-state index is 11.7. The van der Waals surface area contributed by atoms with Crippen LogP contribution in [-0.2, 0) is 0 Å². The van der Waals surface area contributed by atoms with Crippen LogP contribution >= 0.6 is 0 Å². The molecule has 1 saturated carbocycles. The fraction of sp³-hybridized carbons (Fsp3) is 0.667. The molecule has 0 spiro atoms. The quantitative estimate of drug-likeness (QED) is 0.871. The van der Waals surface area contributed by atoms with E-state index in [2.05, 4.69) is 10.5 Å². The summed E-state index contributed by atoms with van der Waals surface area (Å²) in [6, 6.07) is 1.50. The lowest BCUT2D eigenvalue weighted by molar-refractivity contribution is 0.0906. The summed E-state index contributed by atoms with van der Waals surface area (Å²) < 4.78 is 9.72. The molecule has 1 aromatic heterocycles. The molecule has 1 amide bonds. The topological polar surface area (TPSA) is 64.4 Å². The van der Waals surface area contributed by atoms with Crippen molar-refractivity contribution in [3.63, 3.8) is 0 Å². The number of amides is 1. The lowest BCUT2D eigenvalue weighted by Crippen LogP contribution is -2.29. The van der Waals surface area contributed by atoms with E-state index in [9.17, 15) is 4.79 Å². The molecule has 0 saturated heterocycles. The number of ether oxygens (including phenoxy) is 1. The summed E-state index contributed by atoms with van der Waals surface area (Å²) in [5.74, 6) is 0.925. The van der Waals surface area contributed by atoms with Crippen molar-refractivity contribution in [1.82, 2.24) is 10.5 Å². The summed E-state index contributed by atoms with van der Waals surface area (Å²) in [7, 11) is 1.49. The molecular weight excluding hydrogens is 220 g/mol. The van der Waals surface area contributed by atoms with E-state index in [1.807, 2.05) is 0 Å². The molecule has 5 nitrogen and oxygen atoms in total. The van der Waals surface area contributed by atoms with Crippen molar-refractivity contribution in [2.24, 2.45) is 5.92 Å². The van der Waals surface area contributed by atoms with Crippen LogP contribution in [0.15, 0.2) is 10.6 Å². The van der Waals surface area contributed by atoms with Gasteiger partial charge in [0.15, 0.2) is 0 Å². The van der Waals surface area contributed by atoms with Gasteiger partial charge in [-0.25, -0.2) is 0 Å². The largest absolute Gasteiger partial charge is 0.479 e. The molecule has 5 heteroatoms. The maximum absolute atomic E-state index is 11.7. The fourth-order valence-electron chi connectivity index (χ4n) is 2.18. The van der Waals surface area contributed by atoms with Crippen LogP contribution in [0, 0.1) is 5.92 Å². The van der Waals surface area contributed by atoms with Gasteiger partial charge in [-0.05, 0) is 23.9 Å². The molecule has 1 aliphatic rings. The van der Waals surface area contributed by atoms with Gasteiger partial charge in [0, 0.05) is 6.54 Å². The number of carbonyl (C=O) groups excluding carboxylic acids is 1. The maximum Gasteiger partial charge on any atom is 0.290 e. The molecule has 1 heterocycles. The highest BCUT2D eigenvalue weighted by Gasteiger charge is 2.17. The van der Waals surface area contributed by atoms with Gasteiger partial charge in [-0.2, -0.15) is 0 Å². The first-order valence-electron chi connectivity index (χ1n) is 6.08. The van der Waals surface area contributed by atoms with Crippen LogP contribution in [0.5, 0.6) is 5.88 Å². The van der Waals surface area contributed by atoms with E-state index in [0.29, 0.717) is 11.8 Å². The van der Waals surface area contributed by atoms with Crippen LogP contribution in [0.25, 0.3) is 0 Å². The minimum Gasteiger partial charge on any atom is -0.479 e. The predicted octanol–water partition coefficient (Wildman–Crippen LogP) is 1.99. The van der Waals surface area contributed by atoms with Crippen LogP contribution in [0.3, 0.4) is 0 Å². The molecule has 17 heavy (non-hydrogen) atoms. The Labute approximate surface area is 101 Å². The first kappa shape index (κ1) is 12.0. The highest BCUT2D eigenvalue weighted by molar-refractivity contribution is 5.91. The number of nitrogens with zero attached hydrogens (tertiary/aromatic N) is 1. The zero-order valence-electron chi connectivity index (χ0n) is 10.1. The lowest BCUT2D eigenvalue weighted by atomic mass is 9.89. The average Bonchev–Trinajstić information content (AvgIpc) is 2.86. The summed E-state index contributed by atoms with van der Waals surface area (Å²) in [5.41, 5.74) is 0. The Balaban J connectivity index is 1.80. The van der Waals surface area contributed by atoms with Gasteiger partial charge in [-0.3, -0.25) is 4.79 Å². The van der Waals surface area contributed by atoms with E-state index >= 15 is 0 Å². The van der Waals surface area contributed by atoms with Gasteiger partial charge in [0.05, 0.1) is 13.2 Å². The first-order chi connectivity index (χ1) is 8.29.